The molecule has 0 aliphatic heterocycles. The summed E-state index contributed by atoms with van der Waals surface area (Å²) in [4.78, 5) is 11.2. The van der Waals surface area contributed by atoms with Gasteiger partial charge in [0.1, 0.15) is 11.6 Å². The minimum absolute atomic E-state index is 0.562. The van der Waals surface area contributed by atoms with E-state index in [-0.39, 0.29) is 0 Å². The van der Waals surface area contributed by atoms with Crippen molar-refractivity contribution in [2.45, 2.75) is 41.2 Å². The van der Waals surface area contributed by atoms with Gasteiger partial charge in [-0.3, -0.25) is 4.90 Å². The van der Waals surface area contributed by atoms with Crippen molar-refractivity contribution in [3.05, 3.63) is 17.6 Å². The average molecular weight is 250 g/mol. The van der Waals surface area contributed by atoms with Gasteiger partial charge >= 0.3 is 0 Å². The number of hydrogen-bond acceptors (Lipinski definition) is 4. The van der Waals surface area contributed by atoms with Gasteiger partial charge in [-0.1, -0.05) is 27.7 Å². The molecule has 1 heterocycles. The van der Waals surface area contributed by atoms with E-state index in [1.165, 1.54) is 0 Å². The fourth-order valence-electron chi connectivity index (χ4n) is 2.16. The van der Waals surface area contributed by atoms with E-state index in [1.807, 2.05) is 6.92 Å². The molecule has 1 aromatic rings. The van der Waals surface area contributed by atoms with Gasteiger partial charge in [0.2, 0.25) is 0 Å². The molecule has 18 heavy (non-hydrogen) atoms. The molecule has 102 valence electrons. The highest BCUT2D eigenvalue weighted by Gasteiger charge is 2.12. The summed E-state index contributed by atoms with van der Waals surface area (Å²) in [6, 6.07) is 1.80. The van der Waals surface area contributed by atoms with Gasteiger partial charge in [0.25, 0.3) is 0 Å². The Hall–Kier alpha value is -1.16. The third-order valence-electron chi connectivity index (χ3n) is 2.53. The number of anilines is 1. The van der Waals surface area contributed by atoms with Crippen LogP contribution in [0.15, 0.2) is 6.07 Å². The molecule has 0 atom stereocenters. The smallest absolute Gasteiger partial charge is 0.144 e. The lowest BCUT2D eigenvalue weighted by molar-refractivity contribution is 0.207. The van der Waals surface area contributed by atoms with E-state index in [0.717, 1.165) is 31.2 Å². The summed E-state index contributed by atoms with van der Waals surface area (Å²) in [6.07, 6.45) is 0. The molecule has 0 saturated carbocycles. The van der Waals surface area contributed by atoms with Gasteiger partial charge in [0.15, 0.2) is 0 Å². The van der Waals surface area contributed by atoms with Crippen molar-refractivity contribution >= 4 is 5.82 Å². The van der Waals surface area contributed by atoms with Crippen LogP contribution in [0.5, 0.6) is 0 Å². The van der Waals surface area contributed by atoms with Crippen molar-refractivity contribution in [3.63, 3.8) is 0 Å². The highest BCUT2D eigenvalue weighted by molar-refractivity contribution is 5.29. The third-order valence-corrected chi connectivity index (χ3v) is 2.53. The lowest BCUT2D eigenvalue weighted by atomic mass is 10.1. The topological polar surface area (TPSA) is 55.0 Å². The Labute approximate surface area is 111 Å². The summed E-state index contributed by atoms with van der Waals surface area (Å²) in [6.45, 7) is 13.8. The van der Waals surface area contributed by atoms with Crippen LogP contribution in [0.25, 0.3) is 0 Å². The highest BCUT2D eigenvalue weighted by Crippen LogP contribution is 2.09. The second-order valence-electron chi connectivity index (χ2n) is 5.83. The zero-order valence-corrected chi connectivity index (χ0v) is 12.3. The van der Waals surface area contributed by atoms with Gasteiger partial charge in [0.05, 0.1) is 6.54 Å². The first-order valence-corrected chi connectivity index (χ1v) is 6.69. The fraction of sp³-hybridized carbons (Fsp3) is 0.714. The van der Waals surface area contributed by atoms with E-state index in [2.05, 4.69) is 42.6 Å². The maximum absolute atomic E-state index is 5.77. The molecule has 4 nitrogen and oxygen atoms in total. The van der Waals surface area contributed by atoms with Crippen molar-refractivity contribution < 1.29 is 0 Å². The standard InChI is InChI=1S/C14H26N4/c1-10(2)7-18(8-11(3)4)9-14-16-12(5)6-13(15)17-14/h6,10-11H,7-9H2,1-5H3,(H2,15,16,17). The first-order chi connectivity index (χ1) is 8.36. The first-order valence-electron chi connectivity index (χ1n) is 6.69. The summed E-state index contributed by atoms with van der Waals surface area (Å²) in [5.74, 6) is 2.68. The van der Waals surface area contributed by atoms with E-state index in [0.29, 0.717) is 17.7 Å². The molecular weight excluding hydrogens is 224 g/mol. The van der Waals surface area contributed by atoms with Crippen LogP contribution in [0.4, 0.5) is 5.82 Å². The Balaban J connectivity index is 2.74. The molecule has 0 saturated heterocycles. The lowest BCUT2D eigenvalue weighted by Crippen LogP contribution is -2.31. The number of nitrogens with zero attached hydrogens (tertiary/aromatic N) is 3. The molecule has 1 rings (SSSR count). The van der Waals surface area contributed by atoms with Crippen molar-refractivity contribution in [1.29, 1.82) is 0 Å². The molecule has 0 aromatic carbocycles. The quantitative estimate of drug-likeness (QED) is 0.842. The monoisotopic (exact) mass is 250 g/mol. The Kier molecular flexibility index (Phi) is 5.54. The number of hydrogen-bond donors (Lipinski definition) is 1. The number of rotatable bonds is 6. The highest BCUT2D eigenvalue weighted by atomic mass is 15.2. The maximum Gasteiger partial charge on any atom is 0.144 e. The summed E-state index contributed by atoms with van der Waals surface area (Å²) in [5.41, 5.74) is 6.70. The largest absolute Gasteiger partial charge is 0.384 e. The Morgan fingerprint density at radius 2 is 1.67 bits per heavy atom. The molecule has 0 radical (unpaired) electrons. The van der Waals surface area contributed by atoms with Crippen LogP contribution >= 0.6 is 0 Å². The van der Waals surface area contributed by atoms with Crippen LogP contribution < -0.4 is 5.73 Å². The molecule has 0 aliphatic carbocycles. The molecular formula is C14H26N4. The van der Waals surface area contributed by atoms with Gasteiger partial charge in [-0.25, -0.2) is 9.97 Å². The van der Waals surface area contributed by atoms with E-state index in [4.69, 9.17) is 5.73 Å². The number of nitrogens with two attached hydrogens (primary N) is 1. The van der Waals surface area contributed by atoms with Gasteiger partial charge in [-0.2, -0.15) is 0 Å². The summed E-state index contributed by atoms with van der Waals surface area (Å²) in [7, 11) is 0. The number of nitrogen functional groups attached to an aromatic ring is 1. The van der Waals surface area contributed by atoms with E-state index < -0.39 is 0 Å². The van der Waals surface area contributed by atoms with Gasteiger partial charge in [-0.05, 0) is 18.8 Å². The van der Waals surface area contributed by atoms with E-state index >= 15 is 0 Å². The van der Waals surface area contributed by atoms with Crippen molar-refractivity contribution in [2.75, 3.05) is 18.8 Å². The van der Waals surface area contributed by atoms with Crippen LogP contribution in [0.1, 0.15) is 39.2 Å². The van der Waals surface area contributed by atoms with Crippen LogP contribution in [-0.4, -0.2) is 28.0 Å². The van der Waals surface area contributed by atoms with Gasteiger partial charge in [0, 0.05) is 24.8 Å². The van der Waals surface area contributed by atoms with Crippen molar-refractivity contribution in [3.8, 4) is 0 Å². The molecule has 0 bridgehead atoms. The van der Waals surface area contributed by atoms with Gasteiger partial charge < -0.3 is 5.73 Å². The Morgan fingerprint density at radius 1 is 1.11 bits per heavy atom. The molecule has 0 unspecified atom stereocenters. The second-order valence-corrected chi connectivity index (χ2v) is 5.83. The minimum atomic E-state index is 0.562. The Morgan fingerprint density at radius 3 is 2.11 bits per heavy atom. The normalized spacial score (nSPS) is 11.8. The molecule has 0 amide bonds. The van der Waals surface area contributed by atoms with Crippen LogP contribution in [0, 0.1) is 18.8 Å². The second kappa shape index (κ2) is 6.69. The first kappa shape index (κ1) is 14.9. The molecule has 0 aliphatic rings. The maximum atomic E-state index is 5.77. The third kappa shape index (κ3) is 5.45. The lowest BCUT2D eigenvalue weighted by Gasteiger charge is -2.25. The van der Waals surface area contributed by atoms with Crippen LogP contribution in [-0.2, 0) is 6.54 Å². The Bertz CT molecular complexity index is 344. The average Bonchev–Trinajstić information content (AvgIpc) is 2.12. The fourth-order valence-corrected chi connectivity index (χ4v) is 2.16. The van der Waals surface area contributed by atoms with Crippen LogP contribution in [0.2, 0.25) is 0 Å². The molecule has 0 spiro atoms. The molecule has 1 aromatic heterocycles. The predicted molar refractivity (Wildman–Crippen MR) is 76.1 cm³/mol. The van der Waals surface area contributed by atoms with E-state index in [1.54, 1.807) is 6.07 Å². The molecule has 4 heteroatoms. The number of aromatic nitrogens is 2. The molecule has 0 fully saturated rings. The zero-order chi connectivity index (χ0) is 13.7. The minimum Gasteiger partial charge on any atom is -0.384 e. The van der Waals surface area contributed by atoms with Crippen LogP contribution in [0.3, 0.4) is 0 Å². The predicted octanol–water partition coefficient (Wildman–Crippen LogP) is 2.48. The van der Waals surface area contributed by atoms with E-state index in [9.17, 15) is 0 Å². The van der Waals surface area contributed by atoms with Gasteiger partial charge in [-0.15, -0.1) is 0 Å². The molecule has 2 N–H and O–H groups in total. The van der Waals surface area contributed by atoms with Crippen molar-refractivity contribution in [1.82, 2.24) is 14.9 Å². The summed E-state index contributed by atoms with van der Waals surface area (Å²) in [5, 5.41) is 0. The SMILES string of the molecule is Cc1cc(N)nc(CN(CC(C)C)CC(C)C)n1. The zero-order valence-electron chi connectivity index (χ0n) is 12.3. The number of aryl methyl sites for hydroxylation is 1. The summed E-state index contributed by atoms with van der Waals surface area (Å²) >= 11 is 0. The summed E-state index contributed by atoms with van der Waals surface area (Å²) < 4.78 is 0. The van der Waals surface area contributed by atoms with Crippen molar-refractivity contribution in [2.24, 2.45) is 11.8 Å².